The summed E-state index contributed by atoms with van der Waals surface area (Å²) < 4.78 is 0. The lowest BCUT2D eigenvalue weighted by Gasteiger charge is -2.23. The number of piperidine rings is 1. The van der Waals surface area contributed by atoms with Gasteiger partial charge in [0, 0.05) is 18.5 Å². The van der Waals surface area contributed by atoms with Gasteiger partial charge in [-0.2, -0.15) is 0 Å². The molecule has 3 heteroatoms. The van der Waals surface area contributed by atoms with E-state index in [2.05, 4.69) is 48.7 Å². The van der Waals surface area contributed by atoms with Crippen LogP contribution in [0.2, 0.25) is 0 Å². The summed E-state index contributed by atoms with van der Waals surface area (Å²) >= 11 is 0. The molecule has 1 amide bonds. The van der Waals surface area contributed by atoms with E-state index in [-0.39, 0.29) is 11.8 Å². The Balaban J connectivity index is 1.54. The zero-order chi connectivity index (χ0) is 14.8. The first-order valence-electron chi connectivity index (χ1n) is 8.26. The highest BCUT2D eigenvalue weighted by Gasteiger charge is 2.44. The maximum absolute atomic E-state index is 12.3. The van der Waals surface area contributed by atoms with E-state index in [0.717, 1.165) is 32.4 Å². The van der Waals surface area contributed by atoms with Gasteiger partial charge in [0.2, 0.25) is 5.91 Å². The van der Waals surface area contributed by atoms with Gasteiger partial charge in [0.1, 0.15) is 0 Å². The summed E-state index contributed by atoms with van der Waals surface area (Å²) in [7, 11) is 0. The minimum atomic E-state index is 0.192. The SMILES string of the molecule is CC(C)c1ccc(C2CC2C(=O)NC2CCCNC2)cc1. The van der Waals surface area contributed by atoms with Gasteiger partial charge in [-0.1, -0.05) is 38.1 Å². The lowest BCUT2D eigenvalue weighted by Crippen LogP contribution is -2.46. The van der Waals surface area contributed by atoms with Crippen LogP contribution in [0.4, 0.5) is 0 Å². The first-order valence-corrected chi connectivity index (χ1v) is 8.26. The molecule has 1 aliphatic heterocycles. The Bertz CT molecular complexity index is 488. The molecule has 3 unspecified atom stereocenters. The molecular weight excluding hydrogens is 260 g/mol. The van der Waals surface area contributed by atoms with E-state index in [1.807, 2.05) is 0 Å². The predicted molar refractivity (Wildman–Crippen MR) is 85.4 cm³/mol. The quantitative estimate of drug-likeness (QED) is 0.893. The largest absolute Gasteiger partial charge is 0.352 e. The Morgan fingerprint density at radius 2 is 2.05 bits per heavy atom. The lowest BCUT2D eigenvalue weighted by molar-refractivity contribution is -0.123. The Kier molecular flexibility index (Phi) is 4.29. The molecule has 1 saturated heterocycles. The van der Waals surface area contributed by atoms with Crippen LogP contribution in [0.3, 0.4) is 0 Å². The summed E-state index contributed by atoms with van der Waals surface area (Å²) in [6, 6.07) is 9.15. The van der Waals surface area contributed by atoms with Crippen molar-refractivity contribution in [3.63, 3.8) is 0 Å². The van der Waals surface area contributed by atoms with Crippen molar-refractivity contribution in [2.45, 2.75) is 51.0 Å². The Labute approximate surface area is 127 Å². The molecular formula is C18H26N2O. The summed E-state index contributed by atoms with van der Waals surface area (Å²) in [5.74, 6) is 1.44. The second-order valence-electron chi connectivity index (χ2n) is 6.82. The molecule has 1 saturated carbocycles. The number of carbonyl (C=O) groups excluding carboxylic acids is 1. The molecule has 1 heterocycles. The Morgan fingerprint density at radius 1 is 1.29 bits per heavy atom. The minimum Gasteiger partial charge on any atom is -0.352 e. The van der Waals surface area contributed by atoms with E-state index in [4.69, 9.17) is 0 Å². The van der Waals surface area contributed by atoms with Crippen LogP contribution in [0, 0.1) is 5.92 Å². The third-order valence-electron chi connectivity index (χ3n) is 4.80. The minimum absolute atomic E-state index is 0.192. The summed E-state index contributed by atoms with van der Waals surface area (Å²) in [4.78, 5) is 12.3. The number of carbonyl (C=O) groups is 1. The zero-order valence-electron chi connectivity index (χ0n) is 13.1. The molecule has 0 aromatic heterocycles. The van der Waals surface area contributed by atoms with Crippen LogP contribution < -0.4 is 10.6 Å². The number of benzene rings is 1. The van der Waals surface area contributed by atoms with E-state index >= 15 is 0 Å². The van der Waals surface area contributed by atoms with Crippen molar-refractivity contribution in [2.75, 3.05) is 13.1 Å². The molecule has 2 aliphatic rings. The average molecular weight is 286 g/mol. The molecule has 21 heavy (non-hydrogen) atoms. The van der Waals surface area contributed by atoms with E-state index in [0.29, 0.717) is 17.9 Å². The van der Waals surface area contributed by atoms with Crippen LogP contribution in [0.1, 0.15) is 56.1 Å². The monoisotopic (exact) mass is 286 g/mol. The van der Waals surface area contributed by atoms with Gasteiger partial charge in [-0.05, 0) is 48.8 Å². The van der Waals surface area contributed by atoms with Gasteiger partial charge in [-0.3, -0.25) is 4.79 Å². The molecule has 0 bridgehead atoms. The maximum Gasteiger partial charge on any atom is 0.224 e. The van der Waals surface area contributed by atoms with Crippen molar-refractivity contribution in [3.8, 4) is 0 Å². The van der Waals surface area contributed by atoms with Gasteiger partial charge < -0.3 is 10.6 Å². The Hall–Kier alpha value is -1.35. The van der Waals surface area contributed by atoms with Crippen molar-refractivity contribution >= 4 is 5.91 Å². The number of hydrogen-bond acceptors (Lipinski definition) is 2. The van der Waals surface area contributed by atoms with Crippen molar-refractivity contribution in [3.05, 3.63) is 35.4 Å². The van der Waals surface area contributed by atoms with Gasteiger partial charge in [0.05, 0.1) is 0 Å². The van der Waals surface area contributed by atoms with Crippen molar-refractivity contribution in [1.82, 2.24) is 10.6 Å². The molecule has 114 valence electrons. The molecule has 0 radical (unpaired) electrons. The third kappa shape index (κ3) is 3.46. The smallest absolute Gasteiger partial charge is 0.224 e. The van der Waals surface area contributed by atoms with E-state index in [9.17, 15) is 4.79 Å². The van der Waals surface area contributed by atoms with Crippen molar-refractivity contribution < 1.29 is 4.79 Å². The van der Waals surface area contributed by atoms with Gasteiger partial charge in [0.15, 0.2) is 0 Å². The van der Waals surface area contributed by atoms with Crippen molar-refractivity contribution in [2.24, 2.45) is 5.92 Å². The molecule has 0 spiro atoms. The maximum atomic E-state index is 12.3. The van der Waals surface area contributed by atoms with Crippen LogP contribution in [-0.4, -0.2) is 25.0 Å². The lowest BCUT2D eigenvalue weighted by atomic mass is 10.00. The topological polar surface area (TPSA) is 41.1 Å². The summed E-state index contributed by atoms with van der Waals surface area (Å²) in [5.41, 5.74) is 2.69. The van der Waals surface area contributed by atoms with Gasteiger partial charge >= 0.3 is 0 Å². The second kappa shape index (κ2) is 6.18. The molecule has 3 rings (SSSR count). The van der Waals surface area contributed by atoms with Crippen LogP contribution in [-0.2, 0) is 4.79 Å². The highest BCUT2D eigenvalue weighted by molar-refractivity contribution is 5.83. The number of rotatable bonds is 4. The molecule has 1 aromatic rings. The average Bonchev–Trinajstić information content (AvgIpc) is 3.29. The van der Waals surface area contributed by atoms with Crippen LogP contribution in [0.15, 0.2) is 24.3 Å². The van der Waals surface area contributed by atoms with E-state index in [1.54, 1.807) is 0 Å². The van der Waals surface area contributed by atoms with Gasteiger partial charge in [0.25, 0.3) is 0 Å². The summed E-state index contributed by atoms with van der Waals surface area (Å²) in [5, 5.41) is 6.55. The first kappa shape index (κ1) is 14.6. The van der Waals surface area contributed by atoms with E-state index < -0.39 is 0 Å². The fraction of sp³-hybridized carbons (Fsp3) is 0.611. The highest BCUT2D eigenvalue weighted by Crippen LogP contribution is 2.47. The van der Waals surface area contributed by atoms with Crippen LogP contribution in [0.25, 0.3) is 0 Å². The second-order valence-corrected chi connectivity index (χ2v) is 6.82. The zero-order valence-corrected chi connectivity index (χ0v) is 13.1. The molecule has 1 aromatic carbocycles. The molecule has 2 N–H and O–H groups in total. The Morgan fingerprint density at radius 3 is 2.67 bits per heavy atom. The molecule has 1 aliphatic carbocycles. The normalized spacial score (nSPS) is 28.4. The summed E-state index contributed by atoms with van der Waals surface area (Å²) in [6.07, 6.45) is 3.28. The number of nitrogens with one attached hydrogen (secondary N) is 2. The molecule has 2 fully saturated rings. The van der Waals surface area contributed by atoms with Gasteiger partial charge in [-0.25, -0.2) is 0 Å². The fourth-order valence-electron chi connectivity index (χ4n) is 3.26. The van der Waals surface area contributed by atoms with Crippen LogP contribution in [0.5, 0.6) is 0 Å². The highest BCUT2D eigenvalue weighted by atomic mass is 16.2. The van der Waals surface area contributed by atoms with Crippen molar-refractivity contribution in [1.29, 1.82) is 0 Å². The van der Waals surface area contributed by atoms with Crippen LogP contribution >= 0.6 is 0 Å². The predicted octanol–water partition coefficient (Wildman–Crippen LogP) is 2.78. The fourth-order valence-corrected chi connectivity index (χ4v) is 3.26. The first-order chi connectivity index (χ1) is 10.1. The number of hydrogen-bond donors (Lipinski definition) is 2. The van der Waals surface area contributed by atoms with Gasteiger partial charge in [-0.15, -0.1) is 0 Å². The van der Waals surface area contributed by atoms with E-state index in [1.165, 1.54) is 11.1 Å². The standard InChI is InChI=1S/C18H26N2O/c1-12(2)13-5-7-14(8-6-13)16-10-17(16)18(21)20-15-4-3-9-19-11-15/h5-8,12,15-17,19H,3-4,9-11H2,1-2H3,(H,20,21). The molecule has 3 atom stereocenters. The summed E-state index contributed by atoms with van der Waals surface area (Å²) in [6.45, 7) is 6.42. The molecule has 3 nitrogen and oxygen atoms in total. The third-order valence-corrected chi connectivity index (χ3v) is 4.80. The number of amides is 1.